The van der Waals surface area contributed by atoms with E-state index in [0.717, 1.165) is 25.8 Å². The number of furan rings is 1. The van der Waals surface area contributed by atoms with E-state index >= 15 is 0 Å². The normalized spacial score (nSPS) is 17.3. The lowest BCUT2D eigenvalue weighted by Crippen LogP contribution is -2.43. The average molecular weight is 340 g/mol. The average Bonchev–Trinajstić information content (AvgIpc) is 3.19. The van der Waals surface area contributed by atoms with Crippen molar-refractivity contribution in [3.63, 3.8) is 0 Å². The van der Waals surface area contributed by atoms with Crippen molar-refractivity contribution in [3.05, 3.63) is 59.5 Å². The van der Waals surface area contributed by atoms with E-state index in [0.29, 0.717) is 29.5 Å². The van der Waals surface area contributed by atoms with E-state index < -0.39 is 0 Å². The van der Waals surface area contributed by atoms with E-state index in [-0.39, 0.29) is 11.8 Å². The Morgan fingerprint density at radius 2 is 1.92 bits per heavy atom. The highest BCUT2D eigenvalue weighted by Crippen LogP contribution is 2.22. The number of amides is 2. The third-order valence-electron chi connectivity index (χ3n) is 4.76. The summed E-state index contributed by atoms with van der Waals surface area (Å²) >= 11 is 0. The molecular weight excluding hydrogens is 316 g/mol. The van der Waals surface area contributed by atoms with Crippen molar-refractivity contribution in [2.45, 2.75) is 45.2 Å². The third kappa shape index (κ3) is 4.10. The summed E-state index contributed by atoms with van der Waals surface area (Å²) in [4.78, 5) is 26.9. The van der Waals surface area contributed by atoms with Crippen LogP contribution >= 0.6 is 0 Å². The van der Waals surface area contributed by atoms with E-state index in [1.165, 1.54) is 6.42 Å². The molecule has 1 N–H and O–H groups in total. The van der Waals surface area contributed by atoms with Gasteiger partial charge in [-0.15, -0.1) is 0 Å². The summed E-state index contributed by atoms with van der Waals surface area (Å²) in [6.07, 6.45) is 5.90. The van der Waals surface area contributed by atoms with Crippen molar-refractivity contribution in [1.29, 1.82) is 0 Å². The second-order valence-corrected chi connectivity index (χ2v) is 6.40. The van der Waals surface area contributed by atoms with Crippen LogP contribution in [0.25, 0.3) is 0 Å². The highest BCUT2D eigenvalue weighted by Gasteiger charge is 2.26. The van der Waals surface area contributed by atoms with Crippen LogP contribution in [0.15, 0.2) is 47.1 Å². The minimum atomic E-state index is -0.181. The molecule has 0 aliphatic carbocycles. The van der Waals surface area contributed by atoms with Crippen LogP contribution in [0.1, 0.15) is 59.1 Å². The van der Waals surface area contributed by atoms with E-state index in [2.05, 4.69) is 12.2 Å². The molecule has 1 aromatic heterocycles. The number of benzene rings is 1. The summed E-state index contributed by atoms with van der Waals surface area (Å²) in [7, 11) is 0. The third-order valence-corrected chi connectivity index (χ3v) is 4.76. The van der Waals surface area contributed by atoms with Gasteiger partial charge in [-0.2, -0.15) is 0 Å². The molecule has 2 aromatic rings. The summed E-state index contributed by atoms with van der Waals surface area (Å²) in [6, 6.07) is 10.8. The number of carbonyl (C=O) groups is 2. The highest BCUT2D eigenvalue weighted by atomic mass is 16.3. The van der Waals surface area contributed by atoms with Gasteiger partial charge in [-0.05, 0) is 62.1 Å². The quantitative estimate of drug-likeness (QED) is 0.904. The standard InChI is InChI=1S/C20H24N2O3/c1-2-17-6-3-4-12-22(17)20(24)16-10-8-15(9-11-16)19(23)21-14-18-7-5-13-25-18/h5,7-11,13,17H,2-4,6,12,14H2,1H3,(H,21,23). The Bertz CT molecular complexity index is 707. The van der Waals surface area contributed by atoms with Gasteiger partial charge in [0.2, 0.25) is 0 Å². The number of piperidine rings is 1. The van der Waals surface area contributed by atoms with Gasteiger partial charge in [0.15, 0.2) is 0 Å². The molecule has 2 heterocycles. The summed E-state index contributed by atoms with van der Waals surface area (Å²) in [5.74, 6) is 0.588. The molecule has 0 spiro atoms. The molecule has 0 saturated carbocycles. The first-order valence-corrected chi connectivity index (χ1v) is 8.90. The Kier molecular flexibility index (Phi) is 5.53. The molecule has 5 heteroatoms. The van der Waals surface area contributed by atoms with Gasteiger partial charge in [0, 0.05) is 23.7 Å². The summed E-state index contributed by atoms with van der Waals surface area (Å²) in [6.45, 7) is 3.30. The fourth-order valence-corrected chi connectivity index (χ4v) is 3.31. The molecule has 132 valence electrons. The lowest BCUT2D eigenvalue weighted by Gasteiger charge is -2.35. The summed E-state index contributed by atoms with van der Waals surface area (Å²) in [5.41, 5.74) is 1.18. The number of rotatable bonds is 5. The van der Waals surface area contributed by atoms with Gasteiger partial charge in [-0.1, -0.05) is 6.92 Å². The minimum Gasteiger partial charge on any atom is -0.467 e. The van der Waals surface area contributed by atoms with Crippen LogP contribution in [-0.4, -0.2) is 29.3 Å². The zero-order valence-electron chi connectivity index (χ0n) is 14.5. The largest absolute Gasteiger partial charge is 0.467 e. The molecule has 0 radical (unpaired) electrons. The summed E-state index contributed by atoms with van der Waals surface area (Å²) < 4.78 is 5.19. The molecule has 2 amide bonds. The lowest BCUT2D eigenvalue weighted by atomic mass is 9.98. The van der Waals surface area contributed by atoms with Crippen LogP contribution < -0.4 is 5.32 Å². The van der Waals surface area contributed by atoms with Gasteiger partial charge in [-0.3, -0.25) is 9.59 Å². The van der Waals surface area contributed by atoms with Crippen molar-refractivity contribution in [2.24, 2.45) is 0 Å². The topological polar surface area (TPSA) is 62.6 Å². The van der Waals surface area contributed by atoms with Crippen LogP contribution in [0.2, 0.25) is 0 Å². The van der Waals surface area contributed by atoms with Crippen molar-refractivity contribution in [2.75, 3.05) is 6.54 Å². The second kappa shape index (κ2) is 8.01. The van der Waals surface area contributed by atoms with E-state index in [4.69, 9.17) is 4.42 Å². The molecule has 1 aliphatic heterocycles. The van der Waals surface area contributed by atoms with E-state index in [1.54, 1.807) is 36.6 Å². The molecule has 3 rings (SSSR count). The molecule has 1 saturated heterocycles. The minimum absolute atomic E-state index is 0.0640. The van der Waals surface area contributed by atoms with Crippen molar-refractivity contribution in [3.8, 4) is 0 Å². The maximum Gasteiger partial charge on any atom is 0.254 e. The molecular formula is C20H24N2O3. The first-order valence-electron chi connectivity index (χ1n) is 8.90. The second-order valence-electron chi connectivity index (χ2n) is 6.40. The first kappa shape index (κ1) is 17.3. The predicted molar refractivity (Wildman–Crippen MR) is 95.3 cm³/mol. The Morgan fingerprint density at radius 1 is 1.16 bits per heavy atom. The van der Waals surface area contributed by atoms with Gasteiger partial charge < -0.3 is 14.6 Å². The Hall–Kier alpha value is -2.56. The number of nitrogens with one attached hydrogen (secondary N) is 1. The number of hydrogen-bond acceptors (Lipinski definition) is 3. The van der Waals surface area contributed by atoms with Crippen LogP contribution in [-0.2, 0) is 6.54 Å². The monoisotopic (exact) mass is 340 g/mol. The lowest BCUT2D eigenvalue weighted by molar-refractivity contribution is 0.0607. The van der Waals surface area contributed by atoms with Crippen molar-refractivity contribution in [1.82, 2.24) is 10.2 Å². The van der Waals surface area contributed by atoms with Gasteiger partial charge in [0.05, 0.1) is 12.8 Å². The molecule has 5 nitrogen and oxygen atoms in total. The van der Waals surface area contributed by atoms with Crippen molar-refractivity contribution >= 4 is 11.8 Å². The van der Waals surface area contributed by atoms with Gasteiger partial charge in [0.25, 0.3) is 11.8 Å². The van der Waals surface area contributed by atoms with Crippen LogP contribution in [0.5, 0.6) is 0 Å². The van der Waals surface area contributed by atoms with Gasteiger partial charge in [-0.25, -0.2) is 0 Å². The Labute approximate surface area is 148 Å². The SMILES string of the molecule is CCC1CCCCN1C(=O)c1ccc(C(=O)NCc2ccco2)cc1. The number of nitrogens with zero attached hydrogens (tertiary/aromatic N) is 1. The van der Waals surface area contributed by atoms with Crippen LogP contribution in [0.4, 0.5) is 0 Å². The fourth-order valence-electron chi connectivity index (χ4n) is 3.31. The maximum atomic E-state index is 12.7. The Balaban J connectivity index is 1.62. The molecule has 1 aliphatic rings. The molecule has 1 unspecified atom stereocenters. The van der Waals surface area contributed by atoms with Gasteiger partial charge >= 0.3 is 0 Å². The first-order chi connectivity index (χ1) is 12.2. The van der Waals surface area contributed by atoms with E-state index in [1.807, 2.05) is 11.0 Å². The number of hydrogen-bond donors (Lipinski definition) is 1. The maximum absolute atomic E-state index is 12.7. The smallest absolute Gasteiger partial charge is 0.254 e. The fraction of sp³-hybridized carbons (Fsp3) is 0.400. The van der Waals surface area contributed by atoms with Gasteiger partial charge in [0.1, 0.15) is 5.76 Å². The molecule has 0 bridgehead atoms. The van der Waals surface area contributed by atoms with Crippen molar-refractivity contribution < 1.29 is 14.0 Å². The van der Waals surface area contributed by atoms with Crippen LogP contribution in [0.3, 0.4) is 0 Å². The predicted octanol–water partition coefficient (Wildman–Crippen LogP) is 3.61. The van der Waals surface area contributed by atoms with Crippen LogP contribution in [0, 0.1) is 0 Å². The van der Waals surface area contributed by atoms with E-state index in [9.17, 15) is 9.59 Å². The molecule has 25 heavy (non-hydrogen) atoms. The zero-order chi connectivity index (χ0) is 17.6. The zero-order valence-corrected chi connectivity index (χ0v) is 14.5. The highest BCUT2D eigenvalue weighted by molar-refractivity contribution is 5.97. The number of likely N-dealkylation sites (tertiary alicyclic amines) is 1. The number of carbonyl (C=O) groups excluding carboxylic acids is 2. The molecule has 1 atom stereocenters. The Morgan fingerprint density at radius 3 is 2.60 bits per heavy atom. The summed E-state index contributed by atoms with van der Waals surface area (Å²) in [5, 5.41) is 2.80. The molecule has 1 fully saturated rings. The molecule has 1 aromatic carbocycles.